The van der Waals surface area contributed by atoms with E-state index in [-0.39, 0.29) is 18.2 Å². The molecule has 2 aromatic rings. The van der Waals surface area contributed by atoms with Gasteiger partial charge in [-0.2, -0.15) is 5.10 Å². The van der Waals surface area contributed by atoms with Gasteiger partial charge in [0.25, 0.3) is 5.91 Å². The van der Waals surface area contributed by atoms with Crippen molar-refractivity contribution in [2.75, 3.05) is 24.5 Å². The van der Waals surface area contributed by atoms with Crippen molar-refractivity contribution < 1.29 is 19.1 Å². The number of hydrogen-bond donors (Lipinski definition) is 1. The molecule has 0 saturated carbocycles. The van der Waals surface area contributed by atoms with E-state index >= 15 is 0 Å². The van der Waals surface area contributed by atoms with Gasteiger partial charge in [0.1, 0.15) is 5.71 Å². The van der Waals surface area contributed by atoms with Gasteiger partial charge in [0, 0.05) is 24.6 Å². The fourth-order valence-electron chi connectivity index (χ4n) is 3.16. The van der Waals surface area contributed by atoms with Crippen molar-refractivity contribution in [1.82, 2.24) is 0 Å². The summed E-state index contributed by atoms with van der Waals surface area (Å²) >= 11 is 0. The number of rotatable bonds is 5. The predicted molar refractivity (Wildman–Crippen MR) is 113 cm³/mol. The van der Waals surface area contributed by atoms with E-state index in [2.05, 4.69) is 10.4 Å². The molecule has 0 unspecified atom stereocenters. The normalized spacial score (nSPS) is 13.8. The van der Waals surface area contributed by atoms with Gasteiger partial charge >= 0.3 is 0 Å². The number of carbonyl (C=O) groups excluding carboxylic acids is 2. The molecular formula is C22H25N3O4. The van der Waals surface area contributed by atoms with Crippen LogP contribution in [0.15, 0.2) is 35.4 Å². The fraction of sp³-hybridized carbons (Fsp3) is 0.318. The topological polar surface area (TPSA) is 80.2 Å². The second-order valence-electron chi connectivity index (χ2n) is 7.02. The highest BCUT2D eigenvalue weighted by Crippen LogP contribution is 2.33. The van der Waals surface area contributed by atoms with Crippen molar-refractivity contribution >= 4 is 28.9 Å². The molecule has 0 spiro atoms. The maximum Gasteiger partial charge on any atom is 0.271 e. The molecule has 1 heterocycles. The Bertz CT molecular complexity index is 998. The molecule has 2 aromatic carbocycles. The van der Waals surface area contributed by atoms with E-state index in [1.54, 1.807) is 19.2 Å². The van der Waals surface area contributed by atoms with Crippen LogP contribution in [0.3, 0.4) is 0 Å². The van der Waals surface area contributed by atoms with Crippen LogP contribution in [0.4, 0.5) is 11.4 Å². The lowest BCUT2D eigenvalue weighted by Gasteiger charge is -2.25. The molecule has 7 nitrogen and oxygen atoms in total. The standard InChI is InChI=1S/C22H25N3O4/c1-13-6-7-14(2)18(10-13)25-21(26)9-8-16(24-25)22(27)23-17-12-20(29-5)19(28-4)11-15(17)3/h6-7,10-12H,8-9H2,1-5H3,(H,23,27). The van der Waals surface area contributed by atoms with Gasteiger partial charge in [-0.1, -0.05) is 12.1 Å². The van der Waals surface area contributed by atoms with Crippen LogP contribution in [0.25, 0.3) is 0 Å². The monoisotopic (exact) mass is 395 g/mol. The van der Waals surface area contributed by atoms with Crippen LogP contribution in [-0.4, -0.2) is 31.7 Å². The van der Waals surface area contributed by atoms with E-state index in [1.807, 2.05) is 39.0 Å². The Hall–Kier alpha value is -3.35. The van der Waals surface area contributed by atoms with Crippen molar-refractivity contribution in [2.24, 2.45) is 5.10 Å². The third kappa shape index (κ3) is 4.23. The number of aryl methyl sites for hydroxylation is 3. The zero-order valence-electron chi connectivity index (χ0n) is 17.3. The van der Waals surface area contributed by atoms with E-state index in [0.29, 0.717) is 35.0 Å². The van der Waals surface area contributed by atoms with Crippen molar-refractivity contribution in [2.45, 2.75) is 33.6 Å². The Balaban J connectivity index is 1.89. The number of ether oxygens (including phenoxy) is 2. The van der Waals surface area contributed by atoms with Gasteiger partial charge < -0.3 is 14.8 Å². The van der Waals surface area contributed by atoms with Crippen molar-refractivity contribution in [1.29, 1.82) is 0 Å². The van der Waals surface area contributed by atoms with Gasteiger partial charge in [0.15, 0.2) is 11.5 Å². The molecular weight excluding hydrogens is 370 g/mol. The molecule has 7 heteroatoms. The minimum absolute atomic E-state index is 0.127. The van der Waals surface area contributed by atoms with Crippen LogP contribution in [-0.2, 0) is 9.59 Å². The Morgan fingerprint density at radius 3 is 2.38 bits per heavy atom. The van der Waals surface area contributed by atoms with E-state index in [4.69, 9.17) is 9.47 Å². The number of nitrogens with zero attached hydrogens (tertiary/aromatic N) is 2. The second-order valence-corrected chi connectivity index (χ2v) is 7.02. The quantitative estimate of drug-likeness (QED) is 0.836. The first-order chi connectivity index (χ1) is 13.8. The number of carbonyl (C=O) groups is 2. The summed E-state index contributed by atoms with van der Waals surface area (Å²) < 4.78 is 10.6. The third-order valence-electron chi connectivity index (χ3n) is 4.87. The summed E-state index contributed by atoms with van der Waals surface area (Å²) in [6.07, 6.45) is 0.517. The highest BCUT2D eigenvalue weighted by atomic mass is 16.5. The van der Waals surface area contributed by atoms with Crippen molar-refractivity contribution in [3.8, 4) is 11.5 Å². The number of methoxy groups -OCH3 is 2. The summed E-state index contributed by atoms with van der Waals surface area (Å²) in [6, 6.07) is 9.32. The number of anilines is 2. The first kappa shape index (κ1) is 20.4. The van der Waals surface area contributed by atoms with E-state index in [1.165, 1.54) is 12.1 Å². The van der Waals surface area contributed by atoms with Crippen LogP contribution in [0.1, 0.15) is 29.5 Å². The SMILES string of the molecule is COc1cc(C)c(NC(=O)C2=NN(c3cc(C)ccc3C)C(=O)CC2)cc1OC. The Morgan fingerprint density at radius 1 is 1.00 bits per heavy atom. The zero-order chi connectivity index (χ0) is 21.1. The van der Waals surface area contributed by atoms with Crippen LogP contribution in [0.5, 0.6) is 11.5 Å². The molecule has 1 N–H and O–H groups in total. The number of nitrogens with one attached hydrogen (secondary N) is 1. The van der Waals surface area contributed by atoms with Gasteiger partial charge in [-0.15, -0.1) is 0 Å². The van der Waals surface area contributed by atoms with Gasteiger partial charge in [0.05, 0.1) is 19.9 Å². The van der Waals surface area contributed by atoms with Gasteiger partial charge in [0.2, 0.25) is 5.91 Å². The summed E-state index contributed by atoms with van der Waals surface area (Å²) in [6.45, 7) is 5.74. The Labute approximate surface area is 170 Å². The van der Waals surface area contributed by atoms with Crippen LogP contribution in [0, 0.1) is 20.8 Å². The maximum atomic E-state index is 12.9. The van der Waals surface area contributed by atoms with Gasteiger partial charge in [-0.25, -0.2) is 5.01 Å². The van der Waals surface area contributed by atoms with E-state index < -0.39 is 0 Å². The summed E-state index contributed by atoms with van der Waals surface area (Å²) in [5.41, 5.74) is 4.37. The first-order valence-electron chi connectivity index (χ1n) is 9.35. The molecule has 3 rings (SSSR count). The van der Waals surface area contributed by atoms with Crippen LogP contribution in [0.2, 0.25) is 0 Å². The molecule has 0 fully saturated rings. The molecule has 0 aliphatic carbocycles. The minimum atomic E-state index is -0.344. The molecule has 0 bridgehead atoms. The predicted octanol–water partition coefficient (Wildman–Crippen LogP) is 3.75. The zero-order valence-corrected chi connectivity index (χ0v) is 17.3. The minimum Gasteiger partial charge on any atom is -0.493 e. The van der Waals surface area contributed by atoms with Crippen molar-refractivity contribution in [3.05, 3.63) is 47.0 Å². The lowest BCUT2D eigenvalue weighted by molar-refractivity contribution is -0.118. The summed E-state index contributed by atoms with van der Waals surface area (Å²) in [7, 11) is 3.10. The average molecular weight is 395 g/mol. The summed E-state index contributed by atoms with van der Waals surface area (Å²) in [5, 5.41) is 8.58. The highest BCUT2D eigenvalue weighted by Gasteiger charge is 2.27. The van der Waals surface area contributed by atoms with E-state index in [0.717, 1.165) is 16.7 Å². The number of hydrogen-bond acceptors (Lipinski definition) is 5. The number of benzene rings is 2. The average Bonchev–Trinajstić information content (AvgIpc) is 2.71. The highest BCUT2D eigenvalue weighted by molar-refractivity contribution is 6.44. The van der Waals surface area contributed by atoms with Crippen LogP contribution < -0.4 is 19.8 Å². The maximum absolute atomic E-state index is 12.9. The van der Waals surface area contributed by atoms with Crippen LogP contribution >= 0.6 is 0 Å². The van der Waals surface area contributed by atoms with Gasteiger partial charge in [-0.05, 0) is 49.6 Å². The Kier molecular flexibility index (Phi) is 5.87. The second kappa shape index (κ2) is 8.34. The molecule has 0 aromatic heterocycles. The smallest absolute Gasteiger partial charge is 0.271 e. The molecule has 0 saturated heterocycles. The molecule has 0 radical (unpaired) electrons. The molecule has 2 amide bonds. The van der Waals surface area contributed by atoms with Gasteiger partial charge in [-0.3, -0.25) is 9.59 Å². The molecule has 0 atom stereocenters. The molecule has 152 valence electrons. The summed E-state index contributed by atoms with van der Waals surface area (Å²) in [4.78, 5) is 25.3. The lowest BCUT2D eigenvalue weighted by Crippen LogP contribution is -2.36. The van der Waals surface area contributed by atoms with E-state index in [9.17, 15) is 9.59 Å². The lowest BCUT2D eigenvalue weighted by atomic mass is 10.1. The van der Waals surface area contributed by atoms with Crippen molar-refractivity contribution in [3.63, 3.8) is 0 Å². The first-order valence-corrected chi connectivity index (χ1v) is 9.35. The largest absolute Gasteiger partial charge is 0.493 e. The Morgan fingerprint density at radius 2 is 1.69 bits per heavy atom. The summed E-state index contributed by atoms with van der Waals surface area (Å²) in [5.74, 6) is 0.636. The number of amides is 2. The third-order valence-corrected chi connectivity index (χ3v) is 4.87. The fourth-order valence-corrected chi connectivity index (χ4v) is 3.16. The number of hydrazone groups is 1. The molecule has 29 heavy (non-hydrogen) atoms. The molecule has 1 aliphatic heterocycles. The molecule has 1 aliphatic rings.